The maximum Gasteiger partial charge on any atom is 0.107 e. The van der Waals surface area contributed by atoms with E-state index in [1.165, 1.54) is 18.0 Å². The van der Waals surface area contributed by atoms with Crippen LogP contribution in [-0.2, 0) is 6.54 Å². The first-order valence-electron chi connectivity index (χ1n) is 6.82. The van der Waals surface area contributed by atoms with Gasteiger partial charge in [0.05, 0.1) is 6.54 Å². The summed E-state index contributed by atoms with van der Waals surface area (Å²) in [6.45, 7) is 13.5. The highest BCUT2D eigenvalue weighted by atomic mass is 32.1. The highest BCUT2D eigenvalue weighted by Gasteiger charge is 2.28. The molecule has 1 unspecified atom stereocenters. The molecular formula is C14H25N3S. The molecule has 1 aliphatic heterocycles. The predicted molar refractivity (Wildman–Crippen MR) is 78.0 cm³/mol. The Hall–Kier alpha value is -0.450. The van der Waals surface area contributed by atoms with Crippen LogP contribution in [0.3, 0.4) is 0 Å². The lowest BCUT2D eigenvalue weighted by Gasteiger charge is -2.33. The maximum absolute atomic E-state index is 4.58. The van der Waals surface area contributed by atoms with Gasteiger partial charge in [0, 0.05) is 23.7 Å². The van der Waals surface area contributed by atoms with Gasteiger partial charge < -0.3 is 5.32 Å². The van der Waals surface area contributed by atoms with Crippen molar-refractivity contribution >= 4 is 11.3 Å². The lowest BCUT2D eigenvalue weighted by atomic mass is 9.86. The number of rotatable bonds is 2. The number of aromatic nitrogens is 1. The predicted octanol–water partition coefficient (Wildman–Crippen LogP) is 2.66. The SMILES string of the molecule is Cc1csc(CN2CCCNC(C(C)(C)C)C2)n1. The van der Waals surface area contributed by atoms with Gasteiger partial charge in [-0.1, -0.05) is 20.8 Å². The zero-order valence-electron chi connectivity index (χ0n) is 12.0. The monoisotopic (exact) mass is 267 g/mol. The second-order valence-electron chi connectivity index (χ2n) is 6.34. The zero-order valence-corrected chi connectivity index (χ0v) is 12.8. The van der Waals surface area contributed by atoms with Gasteiger partial charge in [-0.05, 0) is 31.8 Å². The van der Waals surface area contributed by atoms with E-state index in [2.05, 4.69) is 48.3 Å². The van der Waals surface area contributed by atoms with Crippen LogP contribution in [-0.4, -0.2) is 35.6 Å². The second kappa shape index (κ2) is 5.68. The van der Waals surface area contributed by atoms with Crippen LogP contribution < -0.4 is 5.32 Å². The van der Waals surface area contributed by atoms with Gasteiger partial charge in [0.1, 0.15) is 5.01 Å². The molecule has 1 aromatic rings. The molecule has 1 fully saturated rings. The Morgan fingerprint density at radius 3 is 2.89 bits per heavy atom. The molecule has 1 atom stereocenters. The van der Waals surface area contributed by atoms with Crippen LogP contribution in [0.25, 0.3) is 0 Å². The van der Waals surface area contributed by atoms with Gasteiger partial charge in [0.25, 0.3) is 0 Å². The average molecular weight is 267 g/mol. The number of hydrogen-bond acceptors (Lipinski definition) is 4. The van der Waals surface area contributed by atoms with Crippen molar-refractivity contribution in [1.82, 2.24) is 15.2 Å². The molecule has 2 heterocycles. The van der Waals surface area contributed by atoms with Gasteiger partial charge in [-0.25, -0.2) is 4.98 Å². The third kappa shape index (κ3) is 3.77. The first-order chi connectivity index (χ1) is 8.45. The Morgan fingerprint density at radius 2 is 2.28 bits per heavy atom. The van der Waals surface area contributed by atoms with Gasteiger partial charge in [-0.3, -0.25) is 4.90 Å². The summed E-state index contributed by atoms with van der Waals surface area (Å²) in [5.74, 6) is 0. The molecule has 1 N–H and O–H groups in total. The summed E-state index contributed by atoms with van der Waals surface area (Å²) in [7, 11) is 0. The van der Waals surface area contributed by atoms with E-state index in [9.17, 15) is 0 Å². The summed E-state index contributed by atoms with van der Waals surface area (Å²) < 4.78 is 0. The molecule has 0 aliphatic carbocycles. The van der Waals surface area contributed by atoms with Crippen molar-refractivity contribution in [3.05, 3.63) is 16.1 Å². The molecule has 0 radical (unpaired) electrons. The zero-order chi connectivity index (χ0) is 13.2. The van der Waals surface area contributed by atoms with E-state index in [-0.39, 0.29) is 0 Å². The second-order valence-corrected chi connectivity index (χ2v) is 7.29. The van der Waals surface area contributed by atoms with Crippen molar-refractivity contribution in [3.8, 4) is 0 Å². The Balaban J connectivity index is 1.99. The minimum absolute atomic E-state index is 0.321. The summed E-state index contributed by atoms with van der Waals surface area (Å²) in [4.78, 5) is 7.13. The number of nitrogens with one attached hydrogen (secondary N) is 1. The van der Waals surface area contributed by atoms with E-state index in [1.807, 2.05) is 0 Å². The Bertz CT molecular complexity index is 381. The molecule has 4 heteroatoms. The fourth-order valence-electron chi connectivity index (χ4n) is 2.38. The van der Waals surface area contributed by atoms with Crippen LogP contribution in [0.5, 0.6) is 0 Å². The summed E-state index contributed by atoms with van der Waals surface area (Å²) in [6.07, 6.45) is 1.23. The van der Waals surface area contributed by atoms with Crippen LogP contribution in [0.2, 0.25) is 0 Å². The number of aryl methyl sites for hydroxylation is 1. The topological polar surface area (TPSA) is 28.2 Å². The highest BCUT2D eigenvalue weighted by Crippen LogP contribution is 2.22. The first-order valence-corrected chi connectivity index (χ1v) is 7.70. The van der Waals surface area contributed by atoms with Gasteiger partial charge in [-0.2, -0.15) is 0 Å². The first kappa shape index (κ1) is 14.0. The van der Waals surface area contributed by atoms with Gasteiger partial charge >= 0.3 is 0 Å². The maximum atomic E-state index is 4.58. The third-order valence-electron chi connectivity index (χ3n) is 3.55. The molecule has 1 saturated heterocycles. The van der Waals surface area contributed by atoms with Crippen LogP contribution in [0.15, 0.2) is 5.38 Å². The number of thiazole rings is 1. The molecule has 0 bridgehead atoms. The smallest absolute Gasteiger partial charge is 0.107 e. The van der Waals surface area contributed by atoms with Crippen LogP contribution in [0.1, 0.15) is 37.9 Å². The average Bonchev–Trinajstić information content (AvgIpc) is 2.53. The van der Waals surface area contributed by atoms with Crippen LogP contribution in [0.4, 0.5) is 0 Å². The fraction of sp³-hybridized carbons (Fsp3) is 0.786. The van der Waals surface area contributed by atoms with E-state index >= 15 is 0 Å². The van der Waals surface area contributed by atoms with Crippen molar-refractivity contribution in [3.63, 3.8) is 0 Å². The van der Waals surface area contributed by atoms with Crippen molar-refractivity contribution in [1.29, 1.82) is 0 Å². The Labute approximate surface area is 115 Å². The van der Waals surface area contributed by atoms with E-state index < -0.39 is 0 Å². The molecule has 0 amide bonds. The molecule has 102 valence electrons. The van der Waals surface area contributed by atoms with E-state index in [0.29, 0.717) is 11.5 Å². The summed E-state index contributed by atoms with van der Waals surface area (Å²) in [6, 6.07) is 0.570. The van der Waals surface area contributed by atoms with E-state index in [4.69, 9.17) is 0 Å². The number of hydrogen-bond donors (Lipinski definition) is 1. The molecule has 0 aromatic carbocycles. The molecular weight excluding hydrogens is 242 g/mol. The highest BCUT2D eigenvalue weighted by molar-refractivity contribution is 7.09. The minimum Gasteiger partial charge on any atom is -0.312 e. The van der Waals surface area contributed by atoms with Gasteiger partial charge in [0.15, 0.2) is 0 Å². The van der Waals surface area contributed by atoms with Crippen molar-refractivity contribution in [2.45, 2.75) is 46.7 Å². The van der Waals surface area contributed by atoms with Crippen LogP contribution in [0, 0.1) is 12.3 Å². The summed E-state index contributed by atoms with van der Waals surface area (Å²) in [5, 5.41) is 7.08. The normalized spacial score (nSPS) is 23.0. The van der Waals surface area contributed by atoms with Crippen molar-refractivity contribution in [2.24, 2.45) is 5.41 Å². The lowest BCUT2D eigenvalue weighted by molar-refractivity contribution is 0.192. The van der Waals surface area contributed by atoms with E-state index in [0.717, 1.165) is 25.3 Å². The molecule has 1 aromatic heterocycles. The van der Waals surface area contributed by atoms with E-state index in [1.54, 1.807) is 11.3 Å². The van der Waals surface area contributed by atoms with Crippen molar-refractivity contribution < 1.29 is 0 Å². The molecule has 18 heavy (non-hydrogen) atoms. The molecule has 0 spiro atoms. The minimum atomic E-state index is 0.321. The Morgan fingerprint density at radius 1 is 1.50 bits per heavy atom. The standard InChI is InChI=1S/C14H25N3S/c1-11-10-18-13(16-11)9-17-7-5-6-15-12(8-17)14(2,3)4/h10,12,15H,5-9H2,1-4H3. The molecule has 0 saturated carbocycles. The lowest BCUT2D eigenvalue weighted by Crippen LogP contribution is -2.46. The summed E-state index contributed by atoms with van der Waals surface area (Å²) >= 11 is 1.79. The van der Waals surface area contributed by atoms with Gasteiger partial charge in [0.2, 0.25) is 0 Å². The third-order valence-corrected chi connectivity index (χ3v) is 4.50. The Kier molecular flexibility index (Phi) is 4.41. The number of nitrogens with zero attached hydrogens (tertiary/aromatic N) is 2. The quantitative estimate of drug-likeness (QED) is 0.893. The molecule has 3 nitrogen and oxygen atoms in total. The van der Waals surface area contributed by atoms with Gasteiger partial charge in [-0.15, -0.1) is 11.3 Å². The fourth-order valence-corrected chi connectivity index (χ4v) is 3.20. The molecule has 2 rings (SSSR count). The van der Waals surface area contributed by atoms with Crippen molar-refractivity contribution in [2.75, 3.05) is 19.6 Å². The largest absolute Gasteiger partial charge is 0.312 e. The summed E-state index contributed by atoms with van der Waals surface area (Å²) in [5.41, 5.74) is 1.47. The van der Waals surface area contributed by atoms with Crippen LogP contribution >= 0.6 is 11.3 Å². The molecule has 1 aliphatic rings.